The molecule has 0 spiro atoms. The summed E-state index contributed by atoms with van der Waals surface area (Å²) in [5, 5.41) is 4.16. The highest BCUT2D eigenvalue weighted by atomic mass is 35.5. The van der Waals surface area contributed by atoms with Gasteiger partial charge in [0.1, 0.15) is 6.17 Å². The SMILES string of the molecule is CCCC1NC(c2cccc(Cl)c2)N(CCN(C)C)C1=O. The van der Waals surface area contributed by atoms with Crippen LogP contribution in [0, 0.1) is 0 Å². The van der Waals surface area contributed by atoms with Gasteiger partial charge in [-0.3, -0.25) is 10.1 Å². The molecule has 1 aliphatic rings. The smallest absolute Gasteiger partial charge is 0.241 e. The maximum absolute atomic E-state index is 12.6. The molecule has 5 heteroatoms. The fourth-order valence-electron chi connectivity index (χ4n) is 2.67. The summed E-state index contributed by atoms with van der Waals surface area (Å²) in [5.74, 6) is 0.198. The molecule has 1 aromatic carbocycles. The van der Waals surface area contributed by atoms with Crippen molar-refractivity contribution in [2.24, 2.45) is 0 Å². The Labute approximate surface area is 132 Å². The third kappa shape index (κ3) is 3.96. The number of likely N-dealkylation sites (N-methyl/N-ethyl adjacent to an activating group) is 1. The third-order valence-electron chi connectivity index (χ3n) is 3.78. The first kappa shape index (κ1) is 16.3. The molecule has 0 aliphatic carbocycles. The van der Waals surface area contributed by atoms with E-state index in [0.717, 1.165) is 31.5 Å². The van der Waals surface area contributed by atoms with Crippen molar-refractivity contribution in [2.45, 2.75) is 32.0 Å². The van der Waals surface area contributed by atoms with E-state index in [0.29, 0.717) is 5.02 Å². The maximum Gasteiger partial charge on any atom is 0.241 e. The monoisotopic (exact) mass is 309 g/mol. The molecule has 1 N–H and O–H groups in total. The van der Waals surface area contributed by atoms with Crippen molar-refractivity contribution in [3.8, 4) is 0 Å². The third-order valence-corrected chi connectivity index (χ3v) is 4.02. The molecule has 0 saturated carbocycles. The van der Waals surface area contributed by atoms with Gasteiger partial charge in [-0.15, -0.1) is 0 Å². The number of carbonyl (C=O) groups is 1. The first-order chi connectivity index (χ1) is 10.0. The summed E-state index contributed by atoms with van der Waals surface area (Å²) in [6, 6.07) is 7.66. The Hall–Kier alpha value is -1.10. The molecule has 2 unspecified atom stereocenters. The average molecular weight is 310 g/mol. The summed E-state index contributed by atoms with van der Waals surface area (Å²) >= 11 is 6.09. The van der Waals surface area contributed by atoms with Crippen LogP contribution in [-0.4, -0.2) is 48.9 Å². The molecule has 2 atom stereocenters. The lowest BCUT2D eigenvalue weighted by Crippen LogP contribution is -2.36. The second-order valence-corrected chi connectivity index (χ2v) is 6.24. The molecule has 0 aromatic heterocycles. The molecule has 21 heavy (non-hydrogen) atoms. The molecule has 1 heterocycles. The molecule has 4 nitrogen and oxygen atoms in total. The number of rotatable bonds is 6. The summed E-state index contributed by atoms with van der Waals surface area (Å²) in [6.45, 7) is 3.67. The Balaban J connectivity index is 2.20. The molecule has 1 aromatic rings. The first-order valence-electron chi connectivity index (χ1n) is 7.49. The van der Waals surface area contributed by atoms with E-state index in [1.54, 1.807) is 0 Å². The number of nitrogens with zero attached hydrogens (tertiary/aromatic N) is 2. The van der Waals surface area contributed by atoms with Crippen molar-refractivity contribution >= 4 is 17.5 Å². The standard InChI is InChI=1S/C16H24ClN3O/c1-4-6-14-16(21)20(10-9-19(2)3)15(18-14)12-7-5-8-13(17)11-12/h5,7-8,11,14-15,18H,4,6,9-10H2,1-3H3. The van der Waals surface area contributed by atoms with E-state index in [1.807, 2.05) is 43.3 Å². The highest BCUT2D eigenvalue weighted by molar-refractivity contribution is 6.30. The lowest BCUT2D eigenvalue weighted by atomic mass is 10.1. The van der Waals surface area contributed by atoms with Gasteiger partial charge in [0.25, 0.3) is 0 Å². The molecule has 2 rings (SSSR count). The number of nitrogens with one attached hydrogen (secondary N) is 1. The van der Waals surface area contributed by atoms with Gasteiger partial charge in [0.2, 0.25) is 5.91 Å². The van der Waals surface area contributed by atoms with Crippen LogP contribution in [-0.2, 0) is 4.79 Å². The van der Waals surface area contributed by atoms with Crippen molar-refractivity contribution in [3.05, 3.63) is 34.9 Å². The Kier molecular flexibility index (Phi) is 5.62. The average Bonchev–Trinajstić information content (AvgIpc) is 2.74. The van der Waals surface area contributed by atoms with Gasteiger partial charge >= 0.3 is 0 Å². The van der Waals surface area contributed by atoms with Crippen molar-refractivity contribution in [1.82, 2.24) is 15.1 Å². The molecular weight excluding hydrogens is 286 g/mol. The van der Waals surface area contributed by atoms with Crippen LogP contribution < -0.4 is 5.32 Å². The summed E-state index contributed by atoms with van der Waals surface area (Å²) < 4.78 is 0. The Bertz CT molecular complexity index is 492. The van der Waals surface area contributed by atoms with Crippen LogP contribution in [0.25, 0.3) is 0 Å². The fourth-order valence-corrected chi connectivity index (χ4v) is 2.87. The van der Waals surface area contributed by atoms with Crippen LogP contribution in [0.2, 0.25) is 5.02 Å². The second kappa shape index (κ2) is 7.25. The quantitative estimate of drug-likeness (QED) is 0.877. The zero-order valence-corrected chi connectivity index (χ0v) is 13.7. The maximum atomic E-state index is 12.6. The van der Waals surface area contributed by atoms with Crippen LogP contribution in [0.5, 0.6) is 0 Å². The van der Waals surface area contributed by atoms with Gasteiger partial charge in [0, 0.05) is 18.1 Å². The topological polar surface area (TPSA) is 35.6 Å². The largest absolute Gasteiger partial charge is 0.320 e. The van der Waals surface area contributed by atoms with Crippen molar-refractivity contribution in [1.29, 1.82) is 0 Å². The van der Waals surface area contributed by atoms with E-state index in [4.69, 9.17) is 11.6 Å². The van der Waals surface area contributed by atoms with Gasteiger partial charge in [0.05, 0.1) is 6.04 Å². The summed E-state index contributed by atoms with van der Waals surface area (Å²) in [5.41, 5.74) is 1.05. The van der Waals surface area contributed by atoms with E-state index >= 15 is 0 Å². The lowest BCUT2D eigenvalue weighted by Gasteiger charge is -2.26. The molecule has 116 valence electrons. The molecule has 1 saturated heterocycles. The minimum Gasteiger partial charge on any atom is -0.320 e. The van der Waals surface area contributed by atoms with Crippen molar-refractivity contribution in [2.75, 3.05) is 27.2 Å². The summed E-state index contributed by atoms with van der Waals surface area (Å²) in [4.78, 5) is 16.6. The Morgan fingerprint density at radius 2 is 2.14 bits per heavy atom. The molecule has 1 aliphatic heterocycles. The highest BCUT2D eigenvalue weighted by Gasteiger charge is 2.38. The van der Waals surface area contributed by atoms with Gasteiger partial charge in [-0.2, -0.15) is 0 Å². The molecule has 0 radical (unpaired) electrons. The molecule has 0 bridgehead atoms. The van der Waals surface area contributed by atoms with E-state index in [2.05, 4.69) is 17.1 Å². The zero-order valence-electron chi connectivity index (χ0n) is 13.0. The predicted octanol–water partition coefficient (Wildman–Crippen LogP) is 2.50. The predicted molar refractivity (Wildman–Crippen MR) is 86.3 cm³/mol. The van der Waals surface area contributed by atoms with Crippen LogP contribution in [0.3, 0.4) is 0 Å². The van der Waals surface area contributed by atoms with E-state index in [1.165, 1.54) is 0 Å². The van der Waals surface area contributed by atoms with Crippen LogP contribution in [0.4, 0.5) is 0 Å². The van der Waals surface area contributed by atoms with Crippen LogP contribution in [0.15, 0.2) is 24.3 Å². The Morgan fingerprint density at radius 3 is 2.76 bits per heavy atom. The minimum atomic E-state index is -0.0823. The number of carbonyl (C=O) groups excluding carboxylic acids is 1. The van der Waals surface area contributed by atoms with Gasteiger partial charge in [-0.1, -0.05) is 37.1 Å². The number of amides is 1. The van der Waals surface area contributed by atoms with Gasteiger partial charge in [-0.05, 0) is 38.2 Å². The number of hydrogen-bond donors (Lipinski definition) is 1. The van der Waals surface area contributed by atoms with Crippen LogP contribution in [0.1, 0.15) is 31.5 Å². The molecule has 1 fully saturated rings. The summed E-state index contributed by atoms with van der Waals surface area (Å²) in [7, 11) is 4.04. The number of hydrogen-bond acceptors (Lipinski definition) is 3. The molecule has 1 amide bonds. The van der Waals surface area contributed by atoms with Gasteiger partial charge in [-0.25, -0.2) is 0 Å². The molecular formula is C16H24ClN3O. The summed E-state index contributed by atoms with van der Waals surface area (Å²) in [6.07, 6.45) is 1.79. The zero-order chi connectivity index (χ0) is 15.4. The minimum absolute atomic E-state index is 0.0762. The number of halogens is 1. The number of benzene rings is 1. The Morgan fingerprint density at radius 1 is 1.38 bits per heavy atom. The normalized spacial score (nSPS) is 22.3. The highest BCUT2D eigenvalue weighted by Crippen LogP contribution is 2.28. The first-order valence-corrected chi connectivity index (χ1v) is 7.87. The van der Waals surface area contributed by atoms with E-state index in [9.17, 15) is 4.79 Å². The van der Waals surface area contributed by atoms with Crippen molar-refractivity contribution < 1.29 is 4.79 Å². The lowest BCUT2D eigenvalue weighted by molar-refractivity contribution is -0.130. The van der Waals surface area contributed by atoms with Gasteiger partial charge in [0.15, 0.2) is 0 Å². The van der Waals surface area contributed by atoms with Crippen molar-refractivity contribution in [3.63, 3.8) is 0 Å². The second-order valence-electron chi connectivity index (χ2n) is 5.80. The van der Waals surface area contributed by atoms with E-state index < -0.39 is 0 Å². The van der Waals surface area contributed by atoms with Crippen LogP contribution >= 0.6 is 11.6 Å². The van der Waals surface area contributed by atoms with E-state index in [-0.39, 0.29) is 18.1 Å². The fraction of sp³-hybridized carbons (Fsp3) is 0.562. The van der Waals surface area contributed by atoms with Gasteiger partial charge < -0.3 is 9.80 Å².